The molecule has 1 aliphatic carbocycles. The molecule has 1 heterocycles. The summed E-state index contributed by atoms with van der Waals surface area (Å²) < 4.78 is 2.01. The van der Waals surface area contributed by atoms with Crippen LogP contribution in [0.15, 0.2) is 0 Å². The number of hydrogen-bond donors (Lipinski definition) is 0. The molecule has 1 fully saturated rings. The first kappa shape index (κ1) is 10.2. The van der Waals surface area contributed by atoms with Crippen molar-refractivity contribution in [1.82, 2.24) is 15.0 Å². The molecule has 1 aliphatic rings. The van der Waals surface area contributed by atoms with Crippen LogP contribution in [0.2, 0.25) is 0 Å². The lowest BCUT2D eigenvalue weighted by Crippen LogP contribution is -2.05. The van der Waals surface area contributed by atoms with Gasteiger partial charge in [0, 0.05) is 12.5 Å². The summed E-state index contributed by atoms with van der Waals surface area (Å²) >= 11 is 0. The molecule has 0 N–H and O–H groups in total. The van der Waals surface area contributed by atoms with Crippen LogP contribution in [0.5, 0.6) is 0 Å². The second-order valence-electron chi connectivity index (χ2n) is 4.11. The molecule has 0 amide bonds. The SMILES string of the molecule is CCCCn1nnc(CC#N)c1C1CC1. The van der Waals surface area contributed by atoms with E-state index in [9.17, 15) is 0 Å². The molecule has 0 atom stereocenters. The van der Waals surface area contributed by atoms with Gasteiger partial charge < -0.3 is 0 Å². The molecule has 4 heteroatoms. The van der Waals surface area contributed by atoms with E-state index < -0.39 is 0 Å². The van der Waals surface area contributed by atoms with E-state index in [1.165, 1.54) is 18.5 Å². The minimum atomic E-state index is 0.401. The van der Waals surface area contributed by atoms with Crippen LogP contribution in [0.25, 0.3) is 0 Å². The Morgan fingerprint density at radius 1 is 1.53 bits per heavy atom. The predicted octanol–water partition coefficient (Wildman–Crippen LogP) is 2.02. The second-order valence-corrected chi connectivity index (χ2v) is 4.11. The van der Waals surface area contributed by atoms with Crippen LogP contribution in [-0.4, -0.2) is 15.0 Å². The fourth-order valence-corrected chi connectivity index (χ4v) is 1.83. The molecule has 0 aliphatic heterocycles. The Bertz CT molecular complexity index is 370. The van der Waals surface area contributed by atoms with Gasteiger partial charge in [-0.3, -0.25) is 0 Å². The Balaban J connectivity index is 2.18. The van der Waals surface area contributed by atoms with Crippen molar-refractivity contribution in [2.45, 2.75) is 51.5 Å². The van der Waals surface area contributed by atoms with E-state index in [2.05, 4.69) is 23.3 Å². The first-order valence-electron chi connectivity index (χ1n) is 5.66. The Morgan fingerprint density at radius 2 is 2.33 bits per heavy atom. The predicted molar refractivity (Wildman–Crippen MR) is 56.2 cm³/mol. The quantitative estimate of drug-likeness (QED) is 0.737. The molecule has 1 aromatic heterocycles. The highest BCUT2D eigenvalue weighted by atomic mass is 15.4. The molecule has 0 aromatic carbocycles. The first-order chi connectivity index (χ1) is 7.36. The highest BCUT2D eigenvalue weighted by molar-refractivity contribution is 5.22. The number of hydrogen-bond acceptors (Lipinski definition) is 3. The summed E-state index contributed by atoms with van der Waals surface area (Å²) in [5.41, 5.74) is 2.13. The van der Waals surface area contributed by atoms with Crippen molar-refractivity contribution < 1.29 is 0 Å². The molecule has 0 spiro atoms. The van der Waals surface area contributed by atoms with Gasteiger partial charge in [0.15, 0.2) is 0 Å². The normalized spacial score (nSPS) is 15.2. The standard InChI is InChI=1S/C11H16N4/c1-2-3-8-15-11(9-4-5-9)10(6-7-12)13-14-15/h9H,2-6,8H2,1H3. The molecule has 0 bridgehead atoms. The molecule has 0 radical (unpaired) electrons. The third-order valence-corrected chi connectivity index (χ3v) is 2.78. The van der Waals surface area contributed by atoms with Gasteiger partial charge >= 0.3 is 0 Å². The van der Waals surface area contributed by atoms with Crippen molar-refractivity contribution >= 4 is 0 Å². The Hall–Kier alpha value is -1.37. The zero-order valence-electron chi connectivity index (χ0n) is 9.11. The molecular weight excluding hydrogens is 188 g/mol. The van der Waals surface area contributed by atoms with Gasteiger partial charge in [0.1, 0.15) is 5.69 Å². The first-order valence-corrected chi connectivity index (χ1v) is 5.66. The maximum atomic E-state index is 8.70. The second kappa shape index (κ2) is 4.43. The fraction of sp³-hybridized carbons (Fsp3) is 0.727. The van der Waals surface area contributed by atoms with Crippen LogP contribution in [0.4, 0.5) is 0 Å². The lowest BCUT2D eigenvalue weighted by molar-refractivity contribution is 0.533. The number of nitrogens with zero attached hydrogens (tertiary/aromatic N) is 4. The van der Waals surface area contributed by atoms with E-state index in [1.807, 2.05) is 4.68 Å². The Kier molecular flexibility index (Phi) is 3.00. The smallest absolute Gasteiger partial charge is 0.100 e. The van der Waals surface area contributed by atoms with Crippen molar-refractivity contribution in [1.29, 1.82) is 5.26 Å². The van der Waals surface area contributed by atoms with Crippen molar-refractivity contribution in [3.8, 4) is 6.07 Å². The molecule has 1 saturated carbocycles. The van der Waals surface area contributed by atoms with E-state index in [0.717, 1.165) is 25.1 Å². The average molecular weight is 204 g/mol. The van der Waals surface area contributed by atoms with Crippen molar-refractivity contribution in [3.63, 3.8) is 0 Å². The van der Waals surface area contributed by atoms with Gasteiger partial charge in [-0.1, -0.05) is 18.6 Å². The third-order valence-electron chi connectivity index (χ3n) is 2.78. The van der Waals surface area contributed by atoms with Gasteiger partial charge in [0.25, 0.3) is 0 Å². The van der Waals surface area contributed by atoms with Gasteiger partial charge in [0.05, 0.1) is 18.2 Å². The fourth-order valence-electron chi connectivity index (χ4n) is 1.83. The van der Waals surface area contributed by atoms with E-state index in [4.69, 9.17) is 5.26 Å². The monoisotopic (exact) mass is 204 g/mol. The Labute approximate surface area is 89.9 Å². The molecule has 2 rings (SSSR count). The molecule has 1 aromatic rings. The van der Waals surface area contributed by atoms with Crippen LogP contribution in [0.1, 0.15) is 49.9 Å². The topological polar surface area (TPSA) is 54.5 Å². The number of nitriles is 1. The van der Waals surface area contributed by atoms with E-state index in [-0.39, 0.29) is 0 Å². The van der Waals surface area contributed by atoms with E-state index in [1.54, 1.807) is 0 Å². The van der Waals surface area contributed by atoms with Crippen LogP contribution in [0, 0.1) is 11.3 Å². The number of unbranched alkanes of at least 4 members (excludes halogenated alkanes) is 1. The molecular formula is C11H16N4. The van der Waals surface area contributed by atoms with Gasteiger partial charge in [-0.15, -0.1) is 5.10 Å². The minimum Gasteiger partial charge on any atom is -0.249 e. The zero-order chi connectivity index (χ0) is 10.7. The largest absolute Gasteiger partial charge is 0.249 e. The minimum absolute atomic E-state index is 0.401. The maximum absolute atomic E-state index is 8.70. The maximum Gasteiger partial charge on any atom is 0.100 e. The summed E-state index contributed by atoms with van der Waals surface area (Å²) in [6.07, 6.45) is 5.17. The lowest BCUT2D eigenvalue weighted by atomic mass is 10.2. The van der Waals surface area contributed by atoms with Crippen molar-refractivity contribution in [2.75, 3.05) is 0 Å². The summed E-state index contributed by atoms with van der Waals surface area (Å²) in [6, 6.07) is 2.16. The third kappa shape index (κ3) is 2.17. The summed E-state index contributed by atoms with van der Waals surface area (Å²) in [7, 11) is 0. The van der Waals surface area contributed by atoms with Gasteiger partial charge in [0.2, 0.25) is 0 Å². The zero-order valence-corrected chi connectivity index (χ0v) is 9.11. The number of aromatic nitrogens is 3. The molecule has 0 saturated heterocycles. The summed E-state index contributed by atoms with van der Waals surface area (Å²) in [4.78, 5) is 0. The molecule has 0 unspecified atom stereocenters. The van der Waals surface area contributed by atoms with E-state index >= 15 is 0 Å². The highest BCUT2D eigenvalue weighted by Gasteiger charge is 2.30. The molecule has 15 heavy (non-hydrogen) atoms. The van der Waals surface area contributed by atoms with Crippen molar-refractivity contribution in [2.24, 2.45) is 0 Å². The molecule has 4 nitrogen and oxygen atoms in total. The molecule has 80 valence electrons. The van der Waals surface area contributed by atoms with Crippen LogP contribution < -0.4 is 0 Å². The van der Waals surface area contributed by atoms with E-state index in [0.29, 0.717) is 12.3 Å². The summed E-state index contributed by atoms with van der Waals surface area (Å²) in [6.45, 7) is 3.12. The number of aryl methyl sites for hydroxylation is 1. The Morgan fingerprint density at radius 3 is 2.93 bits per heavy atom. The van der Waals surface area contributed by atoms with Gasteiger partial charge in [-0.05, 0) is 19.3 Å². The van der Waals surface area contributed by atoms with Gasteiger partial charge in [-0.2, -0.15) is 5.26 Å². The lowest BCUT2D eigenvalue weighted by Gasteiger charge is -2.04. The summed E-state index contributed by atoms with van der Waals surface area (Å²) in [5.74, 6) is 0.625. The van der Waals surface area contributed by atoms with Crippen molar-refractivity contribution in [3.05, 3.63) is 11.4 Å². The summed E-state index contributed by atoms with van der Waals surface area (Å²) in [5, 5.41) is 17.0. The van der Waals surface area contributed by atoms with Crippen LogP contribution in [0.3, 0.4) is 0 Å². The van der Waals surface area contributed by atoms with Crippen LogP contribution >= 0.6 is 0 Å². The van der Waals surface area contributed by atoms with Gasteiger partial charge in [-0.25, -0.2) is 4.68 Å². The van der Waals surface area contributed by atoms with Crippen LogP contribution in [-0.2, 0) is 13.0 Å². The average Bonchev–Trinajstić information content (AvgIpc) is 3.00. The number of rotatable bonds is 5. The highest BCUT2D eigenvalue weighted by Crippen LogP contribution is 2.41.